The number of nitrogen functional groups attached to an aromatic ring is 1. The van der Waals surface area contributed by atoms with E-state index >= 15 is 0 Å². The number of rotatable bonds is 1. The molecule has 114 valence electrons. The summed E-state index contributed by atoms with van der Waals surface area (Å²) >= 11 is 0. The molecule has 1 aliphatic rings. The van der Waals surface area contributed by atoms with Crippen molar-refractivity contribution in [2.75, 3.05) is 31.9 Å². The summed E-state index contributed by atoms with van der Waals surface area (Å²) in [7, 11) is 0. The van der Waals surface area contributed by atoms with Gasteiger partial charge < -0.3 is 15.5 Å². The number of carbonyl (C=O) groups excluding carboxylic acids is 2. The maximum Gasteiger partial charge on any atom is 0.471 e. The molecule has 5 nitrogen and oxygen atoms in total. The van der Waals surface area contributed by atoms with Crippen LogP contribution >= 0.6 is 0 Å². The number of piperazine rings is 1. The van der Waals surface area contributed by atoms with Gasteiger partial charge in [-0.3, -0.25) is 9.59 Å². The number of hydrogen-bond acceptors (Lipinski definition) is 3. The Morgan fingerprint density at radius 2 is 1.43 bits per heavy atom. The van der Waals surface area contributed by atoms with Crippen LogP contribution in [-0.2, 0) is 4.79 Å². The highest BCUT2D eigenvalue weighted by Crippen LogP contribution is 2.20. The van der Waals surface area contributed by atoms with E-state index < -0.39 is 12.1 Å². The molecule has 1 aliphatic heterocycles. The van der Waals surface area contributed by atoms with Crippen molar-refractivity contribution in [1.82, 2.24) is 9.80 Å². The van der Waals surface area contributed by atoms with Crippen LogP contribution in [0.25, 0.3) is 0 Å². The van der Waals surface area contributed by atoms with Gasteiger partial charge in [-0.25, -0.2) is 0 Å². The quantitative estimate of drug-likeness (QED) is 0.790. The van der Waals surface area contributed by atoms with Gasteiger partial charge in [0.15, 0.2) is 0 Å². The third-order valence-electron chi connectivity index (χ3n) is 3.25. The molecule has 21 heavy (non-hydrogen) atoms. The van der Waals surface area contributed by atoms with Crippen LogP contribution in [0.4, 0.5) is 18.9 Å². The Labute approximate surface area is 119 Å². The zero-order valence-corrected chi connectivity index (χ0v) is 11.1. The summed E-state index contributed by atoms with van der Waals surface area (Å²) in [4.78, 5) is 25.4. The number of nitrogens with zero attached hydrogens (tertiary/aromatic N) is 2. The van der Waals surface area contributed by atoms with Crippen LogP contribution in [0.15, 0.2) is 24.3 Å². The Morgan fingerprint density at radius 3 is 1.90 bits per heavy atom. The maximum atomic E-state index is 12.3. The first-order valence-electron chi connectivity index (χ1n) is 6.30. The Hall–Kier alpha value is -2.25. The normalized spacial score (nSPS) is 16.0. The highest BCUT2D eigenvalue weighted by atomic mass is 19.4. The lowest BCUT2D eigenvalue weighted by molar-refractivity contribution is -0.186. The second-order valence-electron chi connectivity index (χ2n) is 4.70. The lowest BCUT2D eigenvalue weighted by Gasteiger charge is -2.35. The standard InChI is InChI=1S/C13H14F3N3O2/c14-13(15,16)12(21)19-7-5-18(6-8-19)11(20)9-1-3-10(17)4-2-9/h1-4H,5-8,17H2. The van der Waals surface area contributed by atoms with Crippen LogP contribution in [0.1, 0.15) is 10.4 Å². The van der Waals surface area contributed by atoms with Crippen molar-refractivity contribution in [3.05, 3.63) is 29.8 Å². The van der Waals surface area contributed by atoms with Crippen molar-refractivity contribution in [3.8, 4) is 0 Å². The lowest BCUT2D eigenvalue weighted by atomic mass is 10.1. The SMILES string of the molecule is Nc1ccc(C(=O)N2CCN(C(=O)C(F)(F)F)CC2)cc1. The molecule has 1 aromatic carbocycles. The minimum absolute atomic E-state index is 0.0744. The third kappa shape index (κ3) is 3.45. The average molecular weight is 301 g/mol. The molecule has 8 heteroatoms. The summed E-state index contributed by atoms with van der Waals surface area (Å²) in [5, 5.41) is 0. The number of benzene rings is 1. The van der Waals surface area contributed by atoms with Gasteiger partial charge in [-0.2, -0.15) is 13.2 Å². The lowest BCUT2D eigenvalue weighted by Crippen LogP contribution is -2.53. The Balaban J connectivity index is 1.96. The van der Waals surface area contributed by atoms with Gasteiger partial charge in [0.05, 0.1) is 0 Å². The molecule has 2 rings (SSSR count). The summed E-state index contributed by atoms with van der Waals surface area (Å²) in [5.74, 6) is -2.14. The second kappa shape index (κ2) is 5.63. The predicted molar refractivity (Wildman–Crippen MR) is 69.4 cm³/mol. The van der Waals surface area contributed by atoms with Gasteiger partial charge in [0, 0.05) is 37.4 Å². The number of alkyl halides is 3. The van der Waals surface area contributed by atoms with E-state index in [2.05, 4.69) is 0 Å². The molecule has 1 saturated heterocycles. The molecule has 0 saturated carbocycles. The van der Waals surface area contributed by atoms with Gasteiger partial charge in [0.1, 0.15) is 0 Å². The first-order chi connectivity index (χ1) is 9.79. The van der Waals surface area contributed by atoms with Crippen molar-refractivity contribution < 1.29 is 22.8 Å². The van der Waals surface area contributed by atoms with E-state index in [1.54, 1.807) is 24.3 Å². The van der Waals surface area contributed by atoms with Crippen LogP contribution < -0.4 is 5.73 Å². The van der Waals surface area contributed by atoms with Crippen molar-refractivity contribution in [2.24, 2.45) is 0 Å². The van der Waals surface area contributed by atoms with Gasteiger partial charge in [0.2, 0.25) is 0 Å². The average Bonchev–Trinajstić information content (AvgIpc) is 2.46. The molecule has 1 fully saturated rings. The zero-order chi connectivity index (χ0) is 15.6. The van der Waals surface area contributed by atoms with Crippen LogP contribution in [0.3, 0.4) is 0 Å². The molecular weight excluding hydrogens is 287 g/mol. The molecule has 2 N–H and O–H groups in total. The van der Waals surface area contributed by atoms with E-state index in [4.69, 9.17) is 5.73 Å². The van der Waals surface area contributed by atoms with Crippen molar-refractivity contribution in [2.45, 2.75) is 6.18 Å². The van der Waals surface area contributed by atoms with Crippen molar-refractivity contribution in [3.63, 3.8) is 0 Å². The fourth-order valence-electron chi connectivity index (χ4n) is 2.10. The second-order valence-corrected chi connectivity index (χ2v) is 4.70. The monoisotopic (exact) mass is 301 g/mol. The number of anilines is 1. The number of amides is 2. The van der Waals surface area contributed by atoms with Crippen LogP contribution in [-0.4, -0.2) is 54.0 Å². The van der Waals surface area contributed by atoms with Crippen molar-refractivity contribution >= 4 is 17.5 Å². The topological polar surface area (TPSA) is 66.6 Å². The summed E-state index contributed by atoms with van der Waals surface area (Å²) in [6.45, 7) is -0.103. The summed E-state index contributed by atoms with van der Waals surface area (Å²) < 4.78 is 36.9. The predicted octanol–water partition coefficient (Wildman–Crippen LogP) is 1.12. The Kier molecular flexibility index (Phi) is 4.06. The first kappa shape index (κ1) is 15.1. The van der Waals surface area contributed by atoms with Gasteiger partial charge in [-0.1, -0.05) is 0 Å². The highest BCUT2D eigenvalue weighted by Gasteiger charge is 2.43. The molecule has 1 heterocycles. The number of nitrogens with two attached hydrogens (primary N) is 1. The summed E-state index contributed by atoms with van der Waals surface area (Å²) in [5.41, 5.74) is 6.46. The first-order valence-corrected chi connectivity index (χ1v) is 6.30. The molecule has 0 spiro atoms. The smallest absolute Gasteiger partial charge is 0.399 e. The van der Waals surface area contributed by atoms with Crippen LogP contribution in [0, 0.1) is 0 Å². The number of hydrogen-bond donors (Lipinski definition) is 1. The van der Waals surface area contributed by atoms with Crippen LogP contribution in [0.5, 0.6) is 0 Å². The Bertz CT molecular complexity index is 535. The van der Waals surface area contributed by atoms with Crippen LogP contribution in [0.2, 0.25) is 0 Å². The molecule has 2 amide bonds. The largest absolute Gasteiger partial charge is 0.471 e. The molecule has 0 radical (unpaired) electrons. The van der Waals surface area contributed by atoms with E-state index in [9.17, 15) is 22.8 Å². The van der Waals surface area contributed by atoms with E-state index in [1.165, 1.54) is 4.90 Å². The summed E-state index contributed by atoms with van der Waals surface area (Å²) in [6, 6.07) is 6.28. The number of halogens is 3. The minimum Gasteiger partial charge on any atom is -0.399 e. The fraction of sp³-hybridized carbons (Fsp3) is 0.385. The van der Waals surface area contributed by atoms with E-state index in [-0.39, 0.29) is 32.1 Å². The molecule has 0 unspecified atom stereocenters. The van der Waals surface area contributed by atoms with E-state index in [1.807, 2.05) is 0 Å². The fourth-order valence-corrected chi connectivity index (χ4v) is 2.10. The van der Waals surface area contributed by atoms with Gasteiger partial charge >= 0.3 is 12.1 Å². The molecule has 0 bridgehead atoms. The number of carbonyl (C=O) groups is 2. The van der Waals surface area contributed by atoms with Gasteiger partial charge in [-0.15, -0.1) is 0 Å². The molecule has 0 aliphatic carbocycles. The highest BCUT2D eigenvalue weighted by molar-refractivity contribution is 5.94. The molecular formula is C13H14F3N3O2. The van der Waals surface area contributed by atoms with Gasteiger partial charge in [-0.05, 0) is 24.3 Å². The zero-order valence-electron chi connectivity index (χ0n) is 11.1. The molecule has 0 atom stereocenters. The summed E-state index contributed by atoms with van der Waals surface area (Å²) in [6.07, 6.45) is -4.87. The Morgan fingerprint density at radius 1 is 0.952 bits per heavy atom. The van der Waals surface area contributed by atoms with Crippen molar-refractivity contribution in [1.29, 1.82) is 0 Å². The minimum atomic E-state index is -4.87. The van der Waals surface area contributed by atoms with Gasteiger partial charge in [0.25, 0.3) is 5.91 Å². The van der Waals surface area contributed by atoms with E-state index in [0.29, 0.717) is 16.2 Å². The molecule has 0 aromatic heterocycles. The maximum absolute atomic E-state index is 12.3. The van der Waals surface area contributed by atoms with E-state index in [0.717, 1.165) is 0 Å². The third-order valence-corrected chi connectivity index (χ3v) is 3.25. The molecule has 1 aromatic rings.